The van der Waals surface area contributed by atoms with Gasteiger partial charge in [0.15, 0.2) is 0 Å². The highest BCUT2D eigenvalue weighted by Crippen LogP contribution is 2.23. The standard InChI is InChI=1S/C18H19N3O3/c1-12-5-4-8-20(10-12)16(22)11-21-17-13-6-2-3-7-15(13)24-18(23)14(17)9-19-21/h2-3,6-7,9,12H,4-5,8,10-11H2,1H3/t12-/m0/s1. The van der Waals surface area contributed by atoms with Crippen LogP contribution in [0.4, 0.5) is 0 Å². The first-order valence-corrected chi connectivity index (χ1v) is 8.28. The van der Waals surface area contributed by atoms with E-state index < -0.39 is 5.63 Å². The smallest absolute Gasteiger partial charge is 0.347 e. The second-order valence-corrected chi connectivity index (χ2v) is 6.54. The molecular formula is C18H19N3O3. The molecule has 6 heteroatoms. The summed E-state index contributed by atoms with van der Waals surface area (Å²) in [5.41, 5.74) is 0.755. The average Bonchev–Trinajstić information content (AvgIpc) is 3.00. The number of nitrogens with zero attached hydrogens (tertiary/aromatic N) is 3. The second kappa shape index (κ2) is 5.78. The average molecular weight is 325 g/mol. The number of piperidine rings is 1. The maximum Gasteiger partial charge on any atom is 0.347 e. The Morgan fingerprint density at radius 2 is 2.17 bits per heavy atom. The third kappa shape index (κ3) is 2.48. The maximum atomic E-state index is 12.6. The summed E-state index contributed by atoms with van der Waals surface area (Å²) in [6.45, 7) is 3.90. The van der Waals surface area contributed by atoms with E-state index in [1.54, 1.807) is 10.7 Å². The number of fused-ring (bicyclic) bond motifs is 3. The summed E-state index contributed by atoms with van der Waals surface area (Å²) in [6, 6.07) is 7.33. The lowest BCUT2D eigenvalue weighted by Crippen LogP contribution is -2.41. The van der Waals surface area contributed by atoms with Crippen LogP contribution in [0.1, 0.15) is 19.8 Å². The van der Waals surface area contributed by atoms with Gasteiger partial charge in [-0.1, -0.05) is 19.1 Å². The highest BCUT2D eigenvalue weighted by Gasteiger charge is 2.22. The molecule has 4 rings (SSSR count). The lowest BCUT2D eigenvalue weighted by Gasteiger charge is -2.31. The first-order chi connectivity index (χ1) is 11.6. The maximum absolute atomic E-state index is 12.6. The molecule has 0 N–H and O–H groups in total. The Bertz CT molecular complexity index is 972. The van der Waals surface area contributed by atoms with Crippen LogP contribution in [0.5, 0.6) is 0 Å². The van der Waals surface area contributed by atoms with E-state index >= 15 is 0 Å². The van der Waals surface area contributed by atoms with Crippen molar-refractivity contribution in [2.24, 2.45) is 5.92 Å². The van der Waals surface area contributed by atoms with E-state index in [0.717, 1.165) is 24.9 Å². The summed E-state index contributed by atoms with van der Waals surface area (Å²) in [4.78, 5) is 26.7. The fourth-order valence-electron chi connectivity index (χ4n) is 3.49. The highest BCUT2D eigenvalue weighted by molar-refractivity contribution is 6.02. The van der Waals surface area contributed by atoms with Crippen LogP contribution in [0.25, 0.3) is 21.9 Å². The number of para-hydroxylation sites is 1. The molecule has 1 aliphatic heterocycles. The highest BCUT2D eigenvalue weighted by atomic mass is 16.4. The van der Waals surface area contributed by atoms with Crippen LogP contribution in [0.15, 0.2) is 39.7 Å². The number of carbonyl (C=O) groups excluding carboxylic acids is 1. The van der Waals surface area contributed by atoms with Gasteiger partial charge in [-0.15, -0.1) is 0 Å². The molecule has 24 heavy (non-hydrogen) atoms. The van der Waals surface area contributed by atoms with Crippen LogP contribution in [0, 0.1) is 5.92 Å². The lowest BCUT2D eigenvalue weighted by atomic mass is 10.0. The number of hydrogen-bond donors (Lipinski definition) is 0. The zero-order chi connectivity index (χ0) is 16.7. The van der Waals surface area contributed by atoms with E-state index in [9.17, 15) is 9.59 Å². The van der Waals surface area contributed by atoms with Crippen LogP contribution in [0.3, 0.4) is 0 Å². The normalized spacial score (nSPS) is 18.4. The number of amides is 1. The van der Waals surface area contributed by atoms with Crippen LogP contribution in [-0.2, 0) is 11.3 Å². The molecule has 2 aromatic heterocycles. The molecule has 0 spiro atoms. The van der Waals surface area contributed by atoms with E-state index in [1.807, 2.05) is 23.1 Å². The molecule has 0 radical (unpaired) electrons. The van der Waals surface area contributed by atoms with Crippen LogP contribution in [0.2, 0.25) is 0 Å². The van der Waals surface area contributed by atoms with Crippen molar-refractivity contribution in [2.45, 2.75) is 26.3 Å². The van der Waals surface area contributed by atoms with Gasteiger partial charge in [0.05, 0.1) is 11.7 Å². The molecule has 3 heterocycles. The van der Waals surface area contributed by atoms with Crippen LogP contribution < -0.4 is 5.63 Å². The molecule has 1 amide bonds. The fourth-order valence-corrected chi connectivity index (χ4v) is 3.49. The predicted octanol–water partition coefficient (Wildman–Crippen LogP) is 2.40. The van der Waals surface area contributed by atoms with Crippen molar-refractivity contribution in [2.75, 3.05) is 13.1 Å². The molecule has 124 valence electrons. The molecular weight excluding hydrogens is 306 g/mol. The lowest BCUT2D eigenvalue weighted by molar-refractivity contribution is -0.133. The third-order valence-electron chi connectivity index (χ3n) is 4.70. The molecule has 0 unspecified atom stereocenters. The van der Waals surface area contributed by atoms with Gasteiger partial charge in [0, 0.05) is 18.5 Å². The van der Waals surface area contributed by atoms with Gasteiger partial charge in [-0.3, -0.25) is 9.48 Å². The summed E-state index contributed by atoms with van der Waals surface area (Å²) in [5, 5.41) is 5.48. The molecule has 0 bridgehead atoms. The topological polar surface area (TPSA) is 68.3 Å². The van der Waals surface area contributed by atoms with Crippen molar-refractivity contribution in [3.8, 4) is 0 Å². The van der Waals surface area contributed by atoms with Gasteiger partial charge >= 0.3 is 5.63 Å². The molecule has 0 saturated carbocycles. The Morgan fingerprint density at radius 3 is 3.00 bits per heavy atom. The Labute approximate surface area is 138 Å². The van der Waals surface area contributed by atoms with Crippen molar-refractivity contribution in [3.05, 3.63) is 40.9 Å². The van der Waals surface area contributed by atoms with E-state index in [1.165, 1.54) is 12.6 Å². The monoisotopic (exact) mass is 325 g/mol. The van der Waals surface area contributed by atoms with E-state index in [2.05, 4.69) is 12.0 Å². The van der Waals surface area contributed by atoms with Crippen molar-refractivity contribution in [3.63, 3.8) is 0 Å². The van der Waals surface area contributed by atoms with Gasteiger partial charge in [-0.05, 0) is 30.9 Å². The van der Waals surface area contributed by atoms with Crippen molar-refractivity contribution >= 4 is 27.8 Å². The second-order valence-electron chi connectivity index (χ2n) is 6.54. The van der Waals surface area contributed by atoms with Gasteiger partial charge in [0.2, 0.25) is 5.91 Å². The number of hydrogen-bond acceptors (Lipinski definition) is 4. The van der Waals surface area contributed by atoms with E-state index in [0.29, 0.717) is 22.4 Å². The molecule has 1 aromatic carbocycles. The molecule has 1 aliphatic rings. The van der Waals surface area contributed by atoms with Gasteiger partial charge in [-0.2, -0.15) is 5.10 Å². The summed E-state index contributed by atoms with van der Waals surface area (Å²) in [7, 11) is 0. The van der Waals surface area contributed by atoms with Crippen molar-refractivity contribution < 1.29 is 9.21 Å². The molecule has 1 fully saturated rings. The Balaban J connectivity index is 1.74. The quantitative estimate of drug-likeness (QED) is 0.679. The number of carbonyl (C=O) groups is 1. The summed E-state index contributed by atoms with van der Waals surface area (Å²) < 4.78 is 6.94. The minimum atomic E-state index is -0.422. The SMILES string of the molecule is C[C@H]1CCCN(C(=O)Cn2ncc3c(=O)oc4ccccc4c32)C1. The number of aromatic nitrogens is 2. The molecule has 0 aliphatic carbocycles. The van der Waals surface area contributed by atoms with Gasteiger partial charge in [0.1, 0.15) is 17.5 Å². The molecule has 1 atom stereocenters. The van der Waals surface area contributed by atoms with Crippen LogP contribution in [-0.4, -0.2) is 33.7 Å². The third-order valence-corrected chi connectivity index (χ3v) is 4.70. The van der Waals surface area contributed by atoms with E-state index in [4.69, 9.17) is 4.42 Å². The number of likely N-dealkylation sites (tertiary alicyclic amines) is 1. The van der Waals surface area contributed by atoms with Crippen LogP contribution >= 0.6 is 0 Å². The number of rotatable bonds is 2. The molecule has 6 nitrogen and oxygen atoms in total. The predicted molar refractivity (Wildman–Crippen MR) is 90.8 cm³/mol. The zero-order valence-electron chi connectivity index (χ0n) is 13.6. The van der Waals surface area contributed by atoms with E-state index in [-0.39, 0.29) is 12.5 Å². The van der Waals surface area contributed by atoms with Crippen molar-refractivity contribution in [1.82, 2.24) is 14.7 Å². The fraction of sp³-hybridized carbons (Fsp3) is 0.389. The largest absolute Gasteiger partial charge is 0.422 e. The summed E-state index contributed by atoms with van der Waals surface area (Å²) >= 11 is 0. The first-order valence-electron chi connectivity index (χ1n) is 8.28. The van der Waals surface area contributed by atoms with Crippen molar-refractivity contribution in [1.29, 1.82) is 0 Å². The summed E-state index contributed by atoms with van der Waals surface area (Å²) in [6.07, 6.45) is 3.69. The summed E-state index contributed by atoms with van der Waals surface area (Å²) in [5.74, 6) is 0.578. The Hall–Kier alpha value is -2.63. The first kappa shape index (κ1) is 14.9. The molecule has 1 saturated heterocycles. The minimum absolute atomic E-state index is 0.0453. The Morgan fingerprint density at radius 1 is 1.33 bits per heavy atom. The van der Waals surface area contributed by atoms with Gasteiger partial charge in [0.25, 0.3) is 0 Å². The Kier molecular flexibility index (Phi) is 3.59. The van der Waals surface area contributed by atoms with Gasteiger partial charge < -0.3 is 9.32 Å². The molecule has 3 aromatic rings. The zero-order valence-corrected chi connectivity index (χ0v) is 13.6. The van der Waals surface area contributed by atoms with Gasteiger partial charge in [-0.25, -0.2) is 4.79 Å². The number of benzene rings is 1. The minimum Gasteiger partial charge on any atom is -0.422 e.